The summed E-state index contributed by atoms with van der Waals surface area (Å²) >= 11 is 0. The van der Waals surface area contributed by atoms with Crippen molar-refractivity contribution < 1.29 is 23.7 Å². The van der Waals surface area contributed by atoms with Crippen molar-refractivity contribution in [3.63, 3.8) is 0 Å². The number of ether oxygens (including phenoxy) is 1. The summed E-state index contributed by atoms with van der Waals surface area (Å²) < 4.78 is 13.5. The monoisotopic (exact) mass is 527 g/mol. The molecule has 196 valence electrons. The maximum Gasteiger partial charge on any atom is 0.341 e. The van der Waals surface area contributed by atoms with Crippen LogP contribution in [0.15, 0.2) is 81.3 Å². The minimum Gasteiger partial charge on any atom is -0.467 e. The topological polar surface area (TPSA) is 151 Å². The highest BCUT2D eigenvalue weighted by Crippen LogP contribution is 2.19. The molecule has 0 unspecified atom stereocenters. The lowest BCUT2D eigenvalue weighted by Gasteiger charge is -2.15. The van der Waals surface area contributed by atoms with Gasteiger partial charge in [0.1, 0.15) is 28.2 Å². The van der Waals surface area contributed by atoms with E-state index in [2.05, 4.69) is 4.99 Å². The van der Waals surface area contributed by atoms with Crippen LogP contribution in [-0.2, 0) is 11.3 Å². The van der Waals surface area contributed by atoms with Gasteiger partial charge in [-0.1, -0.05) is 18.2 Å². The summed E-state index contributed by atoms with van der Waals surface area (Å²) in [7, 11) is 0. The lowest BCUT2D eigenvalue weighted by molar-refractivity contribution is -0.385. The second-order valence-corrected chi connectivity index (χ2v) is 8.50. The highest BCUT2D eigenvalue weighted by Gasteiger charge is 2.23. The molecule has 5 aromatic rings. The lowest BCUT2D eigenvalue weighted by Crippen LogP contribution is -2.33. The number of carbonyl (C=O) groups excluding carboxylic acids is 2. The first-order valence-electron chi connectivity index (χ1n) is 11.9. The molecule has 0 saturated heterocycles. The van der Waals surface area contributed by atoms with Gasteiger partial charge in [0.05, 0.1) is 29.7 Å². The second-order valence-electron chi connectivity index (χ2n) is 8.50. The first-order valence-corrected chi connectivity index (χ1v) is 11.9. The number of carbonyl (C=O) groups is 2. The largest absolute Gasteiger partial charge is 0.467 e. The Hall–Kier alpha value is -5.39. The van der Waals surface area contributed by atoms with Crippen LogP contribution in [0.1, 0.15) is 39.0 Å². The summed E-state index contributed by atoms with van der Waals surface area (Å²) in [6.07, 6.45) is 3.01. The highest BCUT2D eigenvalue weighted by atomic mass is 16.6. The minimum atomic E-state index is -0.964. The van der Waals surface area contributed by atoms with E-state index in [-0.39, 0.29) is 40.8 Å². The molecule has 1 amide bonds. The quantitative estimate of drug-likeness (QED) is 0.141. The van der Waals surface area contributed by atoms with E-state index in [1.165, 1.54) is 45.6 Å². The molecule has 0 radical (unpaired) electrons. The van der Waals surface area contributed by atoms with Crippen LogP contribution in [0.4, 0.5) is 5.69 Å². The molecule has 0 N–H and O–H groups in total. The van der Waals surface area contributed by atoms with Crippen LogP contribution in [0, 0.1) is 17.0 Å². The first kappa shape index (κ1) is 25.3. The lowest BCUT2D eigenvalue weighted by atomic mass is 10.1. The Balaban J connectivity index is 1.92. The second kappa shape index (κ2) is 10.2. The van der Waals surface area contributed by atoms with Crippen molar-refractivity contribution >= 4 is 34.2 Å². The van der Waals surface area contributed by atoms with E-state index in [1.54, 1.807) is 44.3 Å². The van der Waals surface area contributed by atoms with Crippen molar-refractivity contribution in [3.05, 3.63) is 115 Å². The van der Waals surface area contributed by atoms with Crippen LogP contribution in [0.5, 0.6) is 0 Å². The summed E-state index contributed by atoms with van der Waals surface area (Å²) in [6, 6.07) is 13.5. The predicted molar refractivity (Wildman–Crippen MR) is 138 cm³/mol. The summed E-state index contributed by atoms with van der Waals surface area (Å²) in [5, 5.41) is 11.6. The summed E-state index contributed by atoms with van der Waals surface area (Å²) in [5.41, 5.74) is -0.334. The van der Waals surface area contributed by atoms with Gasteiger partial charge in [-0.3, -0.25) is 24.1 Å². The van der Waals surface area contributed by atoms with Crippen LogP contribution < -0.4 is 11.0 Å². The van der Waals surface area contributed by atoms with Crippen molar-refractivity contribution in [1.82, 2.24) is 14.0 Å². The molecule has 12 nitrogen and oxygen atoms in total. The first-order chi connectivity index (χ1) is 18.8. The number of pyridine rings is 2. The standard InChI is InChI=1S/C27H21N5O7/c1-3-38-27(35)20-14-19-23(28-22-16(2)8-6-12-30(22)26(19)34)31(15-17-9-7-13-39-17)24(20)29-25(33)18-10-4-5-11-21(18)32(36)37/h4-14H,3,15H2,1-2H3. The zero-order chi connectivity index (χ0) is 27.7. The number of furan rings is 1. The van der Waals surface area contributed by atoms with Crippen LogP contribution in [0.2, 0.25) is 0 Å². The number of aryl methyl sites for hydroxylation is 1. The molecule has 0 saturated carbocycles. The van der Waals surface area contributed by atoms with Crippen molar-refractivity contribution in [3.8, 4) is 0 Å². The van der Waals surface area contributed by atoms with E-state index in [4.69, 9.17) is 14.1 Å². The van der Waals surface area contributed by atoms with Gasteiger partial charge in [0.2, 0.25) is 0 Å². The minimum absolute atomic E-state index is 0.0146. The number of amides is 1. The number of fused-ring (bicyclic) bond motifs is 2. The van der Waals surface area contributed by atoms with Gasteiger partial charge >= 0.3 is 5.97 Å². The van der Waals surface area contributed by atoms with Crippen molar-refractivity contribution in [1.29, 1.82) is 0 Å². The van der Waals surface area contributed by atoms with Gasteiger partial charge in [-0.15, -0.1) is 0 Å². The zero-order valence-electron chi connectivity index (χ0n) is 20.9. The van der Waals surface area contributed by atoms with Crippen LogP contribution >= 0.6 is 0 Å². The summed E-state index contributed by atoms with van der Waals surface area (Å²) in [6.45, 7) is 3.35. The van der Waals surface area contributed by atoms with E-state index in [9.17, 15) is 24.5 Å². The number of aromatic nitrogens is 3. The van der Waals surface area contributed by atoms with Crippen LogP contribution in [0.3, 0.4) is 0 Å². The number of benzene rings is 1. The maximum atomic E-state index is 13.6. The molecule has 4 aromatic heterocycles. The fourth-order valence-corrected chi connectivity index (χ4v) is 4.24. The molecule has 4 heterocycles. The van der Waals surface area contributed by atoms with Gasteiger partial charge in [-0.2, -0.15) is 4.99 Å². The molecule has 0 bridgehead atoms. The molecule has 0 fully saturated rings. The summed E-state index contributed by atoms with van der Waals surface area (Å²) in [5.74, 6) is -1.38. The average Bonchev–Trinajstić information content (AvgIpc) is 3.44. The molecule has 12 heteroatoms. The molecule has 0 spiro atoms. The fraction of sp³-hybridized carbons (Fsp3) is 0.148. The van der Waals surface area contributed by atoms with E-state index < -0.39 is 28.0 Å². The number of para-hydroxylation sites is 1. The van der Waals surface area contributed by atoms with Gasteiger partial charge in [0.25, 0.3) is 17.2 Å². The van der Waals surface area contributed by atoms with Gasteiger partial charge in [0, 0.05) is 12.3 Å². The molecule has 5 rings (SSSR count). The fourth-order valence-electron chi connectivity index (χ4n) is 4.24. The molecule has 0 aliphatic rings. The van der Waals surface area contributed by atoms with E-state index in [0.717, 1.165) is 0 Å². The molecule has 0 atom stereocenters. The van der Waals surface area contributed by atoms with E-state index in [0.29, 0.717) is 17.0 Å². The molecule has 1 aromatic carbocycles. The van der Waals surface area contributed by atoms with Gasteiger partial charge in [-0.25, -0.2) is 9.78 Å². The normalized spacial score (nSPS) is 11.7. The van der Waals surface area contributed by atoms with Crippen molar-refractivity contribution in [2.45, 2.75) is 20.4 Å². The van der Waals surface area contributed by atoms with Gasteiger partial charge < -0.3 is 13.7 Å². The van der Waals surface area contributed by atoms with Gasteiger partial charge in [-0.05, 0) is 49.7 Å². The smallest absolute Gasteiger partial charge is 0.341 e. The maximum absolute atomic E-state index is 13.6. The third-order valence-corrected chi connectivity index (χ3v) is 6.03. The molecule has 39 heavy (non-hydrogen) atoms. The Kier molecular flexibility index (Phi) is 6.59. The highest BCUT2D eigenvalue weighted by molar-refractivity contribution is 6.00. The Bertz CT molecular complexity index is 1900. The Labute approximate surface area is 219 Å². The van der Waals surface area contributed by atoms with Crippen LogP contribution in [-0.4, -0.2) is 37.4 Å². The number of hydrogen-bond acceptors (Lipinski definition) is 8. The van der Waals surface area contributed by atoms with E-state index in [1.807, 2.05) is 0 Å². The molecular formula is C27H21N5O7. The van der Waals surface area contributed by atoms with Gasteiger partial charge in [0.15, 0.2) is 5.49 Å². The number of hydrogen-bond donors (Lipinski definition) is 0. The third-order valence-electron chi connectivity index (χ3n) is 6.03. The number of esters is 1. The number of rotatable bonds is 6. The molecular weight excluding hydrogens is 506 g/mol. The van der Waals surface area contributed by atoms with Crippen LogP contribution in [0.25, 0.3) is 16.7 Å². The Morgan fingerprint density at radius 3 is 2.62 bits per heavy atom. The zero-order valence-corrected chi connectivity index (χ0v) is 20.9. The molecule has 0 aliphatic heterocycles. The average molecular weight is 527 g/mol. The number of nitrogens with zero attached hydrogens (tertiary/aromatic N) is 5. The predicted octanol–water partition coefficient (Wildman–Crippen LogP) is 3.42. The van der Waals surface area contributed by atoms with Crippen molar-refractivity contribution in [2.24, 2.45) is 4.99 Å². The van der Waals surface area contributed by atoms with Crippen molar-refractivity contribution in [2.75, 3.05) is 6.61 Å². The SMILES string of the molecule is CCOC(=O)c1cc2c(=O)n3cccc(C)c3nc2n(Cc2ccco2)c1=NC(=O)c1ccccc1[N+](=O)[O-]. The molecule has 0 aliphatic carbocycles. The number of nitro groups is 1. The summed E-state index contributed by atoms with van der Waals surface area (Å²) in [4.78, 5) is 59.8. The Morgan fingerprint density at radius 1 is 1.10 bits per heavy atom. The Morgan fingerprint density at radius 2 is 1.90 bits per heavy atom. The third kappa shape index (κ3) is 4.59. The van der Waals surface area contributed by atoms with E-state index >= 15 is 0 Å². The number of nitro benzene ring substituents is 1.